The van der Waals surface area contributed by atoms with Crippen LogP contribution in [0, 0.1) is 0 Å². The number of unbranched alkanes of at least 4 members (excludes halogenated alkanes) is 2. The molecule has 1 aromatic rings. The maximum atomic E-state index is 5.39. The second-order valence-electron chi connectivity index (χ2n) is 4.85. The van der Waals surface area contributed by atoms with E-state index in [1.54, 1.807) is 7.11 Å². The van der Waals surface area contributed by atoms with Gasteiger partial charge in [-0.15, -0.1) is 24.0 Å². The molecule has 0 spiro atoms. The summed E-state index contributed by atoms with van der Waals surface area (Å²) >= 11 is 0. The van der Waals surface area contributed by atoms with Gasteiger partial charge in [0.2, 0.25) is 0 Å². The number of hydrogen-bond donors (Lipinski definition) is 1. The molecule has 21 heavy (non-hydrogen) atoms. The van der Waals surface area contributed by atoms with E-state index in [-0.39, 0.29) is 24.0 Å². The molecule has 0 atom stereocenters. The van der Waals surface area contributed by atoms with Crippen molar-refractivity contribution in [1.82, 2.24) is 10.2 Å². The van der Waals surface area contributed by atoms with Crippen LogP contribution >= 0.6 is 24.0 Å². The Balaban J connectivity index is 0.00000400. The number of nitrogens with zero attached hydrogens (tertiary/aromatic N) is 2. The average molecular weight is 405 g/mol. The Bertz CT molecular complexity index is 424. The molecule has 0 saturated heterocycles. The Hall–Kier alpha value is -0.980. The van der Waals surface area contributed by atoms with Gasteiger partial charge in [-0.1, -0.05) is 38.0 Å². The van der Waals surface area contributed by atoms with Gasteiger partial charge in [0.15, 0.2) is 5.96 Å². The molecular formula is C16H28IN3O. The number of aliphatic imine (C=N–C) groups is 1. The molecule has 0 fully saturated rings. The highest BCUT2D eigenvalue weighted by Crippen LogP contribution is 2.18. The zero-order valence-corrected chi connectivity index (χ0v) is 15.9. The topological polar surface area (TPSA) is 36.9 Å². The number of hydrogen-bond acceptors (Lipinski definition) is 2. The largest absolute Gasteiger partial charge is 0.496 e. The Morgan fingerprint density at radius 3 is 2.62 bits per heavy atom. The summed E-state index contributed by atoms with van der Waals surface area (Å²) in [5.41, 5.74) is 1.16. The summed E-state index contributed by atoms with van der Waals surface area (Å²) in [7, 11) is 5.57. The van der Waals surface area contributed by atoms with E-state index >= 15 is 0 Å². The Kier molecular flexibility index (Phi) is 11.1. The zero-order chi connectivity index (χ0) is 14.8. The third-order valence-corrected chi connectivity index (χ3v) is 3.24. The van der Waals surface area contributed by atoms with Gasteiger partial charge in [-0.25, -0.2) is 0 Å². The number of para-hydroxylation sites is 1. The maximum Gasteiger partial charge on any atom is 0.193 e. The summed E-state index contributed by atoms with van der Waals surface area (Å²) < 4.78 is 5.39. The summed E-state index contributed by atoms with van der Waals surface area (Å²) in [6.45, 7) is 3.96. The number of halogens is 1. The van der Waals surface area contributed by atoms with Crippen molar-refractivity contribution in [3.8, 4) is 5.75 Å². The molecule has 0 saturated carbocycles. The van der Waals surface area contributed by atoms with Crippen LogP contribution in [-0.2, 0) is 6.54 Å². The minimum Gasteiger partial charge on any atom is -0.496 e. The fraction of sp³-hybridized carbons (Fsp3) is 0.562. The lowest BCUT2D eigenvalue weighted by Gasteiger charge is -2.23. The summed E-state index contributed by atoms with van der Waals surface area (Å²) in [4.78, 5) is 6.44. The predicted molar refractivity (Wildman–Crippen MR) is 101 cm³/mol. The number of rotatable bonds is 7. The first-order chi connectivity index (χ1) is 9.72. The van der Waals surface area contributed by atoms with Crippen LogP contribution in [-0.4, -0.2) is 38.6 Å². The minimum atomic E-state index is 0. The molecule has 0 amide bonds. The number of methoxy groups -OCH3 is 1. The predicted octanol–water partition coefficient (Wildman–Crippen LogP) is 3.51. The molecule has 120 valence electrons. The first kappa shape index (κ1) is 20.0. The van der Waals surface area contributed by atoms with Gasteiger partial charge in [0.1, 0.15) is 5.75 Å². The molecule has 0 aliphatic rings. The molecule has 0 aromatic heterocycles. The SMILES string of the molecule is CCCCCNC(=NC)N(C)Cc1ccccc1OC.I. The molecule has 0 radical (unpaired) electrons. The Labute approximate surface area is 146 Å². The van der Waals surface area contributed by atoms with Gasteiger partial charge in [0.05, 0.1) is 7.11 Å². The molecular weight excluding hydrogens is 377 g/mol. The molecule has 0 heterocycles. The van der Waals surface area contributed by atoms with Crippen LogP contribution in [0.15, 0.2) is 29.3 Å². The van der Waals surface area contributed by atoms with Gasteiger partial charge >= 0.3 is 0 Å². The highest BCUT2D eigenvalue weighted by Gasteiger charge is 2.09. The highest BCUT2D eigenvalue weighted by atomic mass is 127. The van der Waals surface area contributed by atoms with E-state index in [1.807, 2.05) is 32.3 Å². The third-order valence-electron chi connectivity index (χ3n) is 3.24. The van der Waals surface area contributed by atoms with Crippen molar-refractivity contribution in [1.29, 1.82) is 0 Å². The van der Waals surface area contributed by atoms with Gasteiger partial charge in [-0.2, -0.15) is 0 Å². The van der Waals surface area contributed by atoms with E-state index in [2.05, 4.69) is 28.2 Å². The van der Waals surface area contributed by atoms with E-state index in [0.29, 0.717) is 0 Å². The van der Waals surface area contributed by atoms with Crippen LogP contribution in [0.3, 0.4) is 0 Å². The summed E-state index contributed by atoms with van der Waals surface area (Å²) in [6, 6.07) is 8.09. The van der Waals surface area contributed by atoms with Crippen LogP contribution in [0.2, 0.25) is 0 Å². The fourth-order valence-corrected chi connectivity index (χ4v) is 2.12. The summed E-state index contributed by atoms with van der Waals surface area (Å²) in [6.07, 6.45) is 3.66. The normalized spacial score (nSPS) is 10.8. The van der Waals surface area contributed by atoms with Crippen LogP contribution in [0.1, 0.15) is 31.7 Å². The third kappa shape index (κ3) is 7.02. The van der Waals surface area contributed by atoms with E-state index in [0.717, 1.165) is 30.4 Å². The van der Waals surface area contributed by atoms with Crippen molar-refractivity contribution in [2.75, 3.05) is 27.7 Å². The molecule has 1 aromatic carbocycles. The standard InChI is InChI=1S/C16H27N3O.HI/c1-5-6-9-12-18-16(17-2)19(3)13-14-10-7-8-11-15(14)20-4;/h7-8,10-11H,5-6,9,12-13H2,1-4H3,(H,17,18);1H. The molecule has 5 heteroatoms. The highest BCUT2D eigenvalue weighted by molar-refractivity contribution is 14.0. The van der Waals surface area contributed by atoms with Gasteiger partial charge < -0.3 is 15.0 Å². The van der Waals surface area contributed by atoms with Gasteiger partial charge in [-0.3, -0.25) is 4.99 Å². The number of guanidine groups is 1. The molecule has 0 unspecified atom stereocenters. The quantitative estimate of drug-likeness (QED) is 0.327. The van der Waals surface area contributed by atoms with Crippen molar-refractivity contribution < 1.29 is 4.74 Å². The second kappa shape index (κ2) is 11.7. The van der Waals surface area contributed by atoms with Crippen molar-refractivity contribution in [2.24, 2.45) is 4.99 Å². The number of nitrogens with one attached hydrogen (secondary N) is 1. The molecule has 1 rings (SSSR count). The van der Waals surface area contributed by atoms with Gasteiger partial charge in [-0.05, 0) is 12.5 Å². The maximum absolute atomic E-state index is 5.39. The monoisotopic (exact) mass is 405 g/mol. The average Bonchev–Trinajstić information content (AvgIpc) is 2.48. The molecule has 1 N–H and O–H groups in total. The lowest BCUT2D eigenvalue weighted by atomic mass is 10.2. The molecule has 0 aliphatic heterocycles. The van der Waals surface area contributed by atoms with E-state index in [4.69, 9.17) is 4.74 Å². The molecule has 0 bridgehead atoms. The molecule has 4 nitrogen and oxygen atoms in total. The Morgan fingerprint density at radius 1 is 1.29 bits per heavy atom. The van der Waals surface area contributed by atoms with E-state index < -0.39 is 0 Å². The fourth-order valence-electron chi connectivity index (χ4n) is 2.12. The van der Waals surface area contributed by atoms with Gasteiger partial charge in [0, 0.05) is 32.7 Å². The first-order valence-electron chi connectivity index (χ1n) is 7.26. The number of ether oxygens (including phenoxy) is 1. The van der Waals surface area contributed by atoms with Crippen LogP contribution in [0.4, 0.5) is 0 Å². The van der Waals surface area contributed by atoms with Crippen molar-refractivity contribution in [3.05, 3.63) is 29.8 Å². The van der Waals surface area contributed by atoms with E-state index in [1.165, 1.54) is 19.3 Å². The smallest absolute Gasteiger partial charge is 0.193 e. The van der Waals surface area contributed by atoms with Gasteiger partial charge in [0.25, 0.3) is 0 Å². The number of benzene rings is 1. The van der Waals surface area contributed by atoms with Crippen LogP contribution in [0.5, 0.6) is 5.75 Å². The van der Waals surface area contributed by atoms with Crippen LogP contribution < -0.4 is 10.1 Å². The zero-order valence-electron chi connectivity index (χ0n) is 13.6. The first-order valence-corrected chi connectivity index (χ1v) is 7.26. The minimum absolute atomic E-state index is 0. The van der Waals surface area contributed by atoms with Crippen LogP contribution in [0.25, 0.3) is 0 Å². The van der Waals surface area contributed by atoms with Crippen molar-refractivity contribution >= 4 is 29.9 Å². The second-order valence-corrected chi connectivity index (χ2v) is 4.85. The summed E-state index contributed by atoms with van der Waals surface area (Å²) in [5, 5.41) is 3.40. The lowest BCUT2D eigenvalue weighted by Crippen LogP contribution is -2.38. The summed E-state index contributed by atoms with van der Waals surface area (Å²) in [5.74, 6) is 1.84. The van der Waals surface area contributed by atoms with Crippen molar-refractivity contribution in [3.63, 3.8) is 0 Å². The van der Waals surface area contributed by atoms with Crippen molar-refractivity contribution in [2.45, 2.75) is 32.7 Å². The Morgan fingerprint density at radius 2 is 2.00 bits per heavy atom. The van der Waals surface area contributed by atoms with E-state index in [9.17, 15) is 0 Å². The molecule has 0 aliphatic carbocycles. The lowest BCUT2D eigenvalue weighted by molar-refractivity contribution is 0.396.